The van der Waals surface area contributed by atoms with Gasteiger partial charge in [0.25, 0.3) is 6.47 Å². The minimum absolute atomic E-state index is 0.142. The quantitative estimate of drug-likeness (QED) is 0.543. The van der Waals surface area contributed by atoms with Crippen LogP contribution >= 0.6 is 0 Å². The van der Waals surface area contributed by atoms with Crippen molar-refractivity contribution in [1.29, 1.82) is 0 Å². The number of aromatic nitrogens is 1. The summed E-state index contributed by atoms with van der Waals surface area (Å²) in [6.07, 6.45) is 0. The van der Waals surface area contributed by atoms with Crippen LogP contribution in [0, 0.1) is 6.92 Å². The predicted octanol–water partition coefficient (Wildman–Crippen LogP) is 2.57. The van der Waals surface area contributed by atoms with Crippen LogP contribution in [0.4, 0.5) is 0 Å². The third-order valence-corrected chi connectivity index (χ3v) is 3.68. The lowest BCUT2D eigenvalue weighted by Crippen LogP contribution is -2.13. The average Bonchev–Trinajstić information content (AvgIpc) is 2.92. The van der Waals surface area contributed by atoms with Gasteiger partial charge in [-0.15, -0.1) is 0 Å². The Bertz CT molecular complexity index is 813. The van der Waals surface area contributed by atoms with Crippen LogP contribution in [0.1, 0.15) is 30.0 Å². The van der Waals surface area contributed by atoms with E-state index in [4.69, 9.17) is 14.2 Å². The van der Waals surface area contributed by atoms with Gasteiger partial charge >= 0.3 is 5.97 Å². The van der Waals surface area contributed by atoms with Crippen LogP contribution in [-0.2, 0) is 14.3 Å². The maximum atomic E-state index is 12.2. The summed E-state index contributed by atoms with van der Waals surface area (Å²) in [5.74, 6) is -0.675. The van der Waals surface area contributed by atoms with Gasteiger partial charge in [-0.25, -0.2) is 4.79 Å². The van der Waals surface area contributed by atoms with Gasteiger partial charge in [0.2, 0.25) is 0 Å². The summed E-state index contributed by atoms with van der Waals surface area (Å²) >= 11 is 0. The van der Waals surface area contributed by atoms with Crippen molar-refractivity contribution in [3.05, 3.63) is 29.6 Å². The van der Waals surface area contributed by atoms with E-state index in [1.54, 1.807) is 39.0 Å². The summed E-state index contributed by atoms with van der Waals surface area (Å²) < 4.78 is 21.0. The van der Waals surface area contributed by atoms with Crippen LogP contribution in [0.3, 0.4) is 0 Å². The maximum Gasteiger partial charge on any atom is 0.359 e. The smallest absolute Gasteiger partial charge is 0.359 e. The number of esters is 1. The van der Waals surface area contributed by atoms with E-state index in [-0.39, 0.29) is 23.7 Å². The third kappa shape index (κ3) is 4.87. The van der Waals surface area contributed by atoms with E-state index in [2.05, 4.69) is 4.74 Å². The number of benzene rings is 1. The van der Waals surface area contributed by atoms with Crippen molar-refractivity contribution in [2.45, 2.75) is 20.8 Å². The number of carbonyl (C=O) groups excluding carboxylic acids is 2. The average molecular weight is 395 g/mol. The predicted molar refractivity (Wildman–Crippen MR) is 101 cm³/mol. The highest BCUT2D eigenvalue weighted by Gasteiger charge is 2.28. The molecule has 0 saturated carbocycles. The summed E-state index contributed by atoms with van der Waals surface area (Å²) in [5, 5.41) is 20.1. The number of ether oxygens (including phenoxy) is 4. The molecule has 0 aliphatic heterocycles. The fourth-order valence-corrected chi connectivity index (χ4v) is 2.39. The minimum Gasteiger partial charge on any atom is -0.503 e. The molecule has 28 heavy (non-hydrogen) atoms. The second kappa shape index (κ2) is 10.7. The summed E-state index contributed by atoms with van der Waals surface area (Å²) in [7, 11) is 3.00. The van der Waals surface area contributed by atoms with Crippen molar-refractivity contribution in [3.8, 4) is 28.7 Å². The fourth-order valence-electron chi connectivity index (χ4n) is 2.39. The highest BCUT2D eigenvalue weighted by Crippen LogP contribution is 2.40. The molecule has 0 bridgehead atoms. The Morgan fingerprint density at radius 1 is 1.11 bits per heavy atom. The maximum absolute atomic E-state index is 12.2. The van der Waals surface area contributed by atoms with Gasteiger partial charge in [-0.2, -0.15) is 0 Å². The number of carbonyl (C=O) groups is 2. The number of nitrogens with zero attached hydrogens (tertiary/aromatic N) is 1. The molecule has 0 aliphatic carbocycles. The van der Waals surface area contributed by atoms with E-state index in [1.165, 1.54) is 18.8 Å². The molecule has 1 heterocycles. The first-order valence-corrected chi connectivity index (χ1v) is 8.45. The van der Waals surface area contributed by atoms with E-state index < -0.39 is 11.7 Å². The molecular formula is C19H25NO8. The molecule has 0 radical (unpaired) electrons. The van der Waals surface area contributed by atoms with E-state index in [0.29, 0.717) is 30.3 Å². The molecule has 0 amide bonds. The molecule has 9 nitrogen and oxygen atoms in total. The van der Waals surface area contributed by atoms with Gasteiger partial charge in [-0.3, -0.25) is 9.36 Å². The number of aromatic hydroxyl groups is 2. The SMILES string of the molecule is CCOC(=O)c1c(O)c(O)c(C)n1-c1ccc(OC)cc1OC.CCOC=O. The molecule has 9 heteroatoms. The van der Waals surface area contributed by atoms with Crippen LogP contribution in [0.2, 0.25) is 0 Å². The molecule has 2 N–H and O–H groups in total. The Hall–Kier alpha value is -3.36. The molecule has 0 fully saturated rings. The van der Waals surface area contributed by atoms with Gasteiger partial charge in [0.15, 0.2) is 17.2 Å². The number of hydrogen-bond acceptors (Lipinski definition) is 8. The molecule has 1 aromatic carbocycles. The lowest BCUT2D eigenvalue weighted by atomic mass is 10.2. The van der Waals surface area contributed by atoms with Crippen molar-refractivity contribution in [3.63, 3.8) is 0 Å². The van der Waals surface area contributed by atoms with E-state index in [9.17, 15) is 19.8 Å². The van der Waals surface area contributed by atoms with E-state index in [1.807, 2.05) is 0 Å². The Labute approximate surface area is 163 Å². The van der Waals surface area contributed by atoms with Gasteiger partial charge in [0, 0.05) is 6.07 Å². The van der Waals surface area contributed by atoms with Crippen LogP contribution in [0.25, 0.3) is 5.69 Å². The van der Waals surface area contributed by atoms with Crippen molar-refractivity contribution in [2.24, 2.45) is 0 Å². The standard InChI is InChI=1S/C16H19NO6.C3H6O2/c1-5-23-16(20)13-15(19)14(18)9(2)17(13)11-7-6-10(21-3)8-12(11)22-4;1-2-5-3-4/h6-8,18-19H,5H2,1-4H3;3H,2H2,1H3. The van der Waals surface area contributed by atoms with Crippen molar-refractivity contribution >= 4 is 12.4 Å². The monoisotopic (exact) mass is 395 g/mol. The summed E-state index contributed by atoms with van der Waals surface area (Å²) in [5.41, 5.74) is 0.587. The second-order valence-corrected chi connectivity index (χ2v) is 5.28. The summed E-state index contributed by atoms with van der Waals surface area (Å²) in [4.78, 5) is 21.4. The molecule has 0 saturated heterocycles. The van der Waals surface area contributed by atoms with Gasteiger partial charge in [0.1, 0.15) is 11.5 Å². The Kier molecular flexibility index (Phi) is 8.67. The molecule has 2 rings (SSSR count). The van der Waals surface area contributed by atoms with Crippen LogP contribution in [-0.4, -0.2) is 54.7 Å². The zero-order valence-corrected chi connectivity index (χ0v) is 16.5. The molecule has 0 atom stereocenters. The molecule has 154 valence electrons. The zero-order valence-electron chi connectivity index (χ0n) is 16.5. The van der Waals surface area contributed by atoms with E-state index >= 15 is 0 Å². The molecule has 0 aliphatic rings. The Morgan fingerprint density at radius 2 is 1.79 bits per heavy atom. The fraction of sp³-hybridized carbons (Fsp3) is 0.368. The van der Waals surface area contributed by atoms with Crippen LogP contribution in [0.5, 0.6) is 23.0 Å². The highest BCUT2D eigenvalue weighted by molar-refractivity contribution is 5.93. The van der Waals surface area contributed by atoms with Gasteiger partial charge in [0.05, 0.1) is 38.8 Å². The zero-order chi connectivity index (χ0) is 21.3. The Morgan fingerprint density at radius 3 is 2.25 bits per heavy atom. The lowest BCUT2D eigenvalue weighted by molar-refractivity contribution is -0.128. The van der Waals surface area contributed by atoms with Gasteiger partial charge < -0.3 is 29.2 Å². The molecule has 0 unspecified atom stereocenters. The lowest BCUT2D eigenvalue weighted by Gasteiger charge is -2.15. The third-order valence-electron chi connectivity index (χ3n) is 3.68. The first kappa shape index (κ1) is 22.7. The number of hydrogen-bond donors (Lipinski definition) is 2. The first-order chi connectivity index (χ1) is 13.4. The summed E-state index contributed by atoms with van der Waals surface area (Å²) in [6.45, 7) is 6.03. The minimum atomic E-state index is -0.744. The van der Waals surface area contributed by atoms with Crippen molar-refractivity contribution < 1.29 is 38.7 Å². The number of methoxy groups -OCH3 is 2. The topological polar surface area (TPSA) is 116 Å². The van der Waals surface area contributed by atoms with Crippen LogP contribution in [0.15, 0.2) is 18.2 Å². The van der Waals surface area contributed by atoms with Gasteiger partial charge in [-0.05, 0) is 32.9 Å². The Balaban J connectivity index is 0.000000696. The van der Waals surface area contributed by atoms with Crippen LogP contribution < -0.4 is 9.47 Å². The largest absolute Gasteiger partial charge is 0.503 e. The molecular weight excluding hydrogens is 370 g/mol. The van der Waals surface area contributed by atoms with Gasteiger partial charge in [-0.1, -0.05) is 0 Å². The van der Waals surface area contributed by atoms with E-state index in [0.717, 1.165) is 0 Å². The normalized spacial score (nSPS) is 9.75. The number of rotatable bonds is 7. The highest BCUT2D eigenvalue weighted by atomic mass is 16.5. The molecule has 2 aromatic rings. The van der Waals surface area contributed by atoms with Crippen molar-refractivity contribution in [2.75, 3.05) is 27.4 Å². The molecule has 0 spiro atoms. The summed E-state index contributed by atoms with van der Waals surface area (Å²) in [6, 6.07) is 4.98. The molecule has 1 aromatic heterocycles. The first-order valence-electron chi connectivity index (χ1n) is 8.45. The second-order valence-electron chi connectivity index (χ2n) is 5.28. The van der Waals surface area contributed by atoms with Crippen molar-refractivity contribution in [1.82, 2.24) is 4.57 Å².